The molecule has 1 fully saturated rings. The van der Waals surface area contributed by atoms with Crippen molar-refractivity contribution < 1.29 is 19.4 Å². The van der Waals surface area contributed by atoms with Crippen LogP contribution in [-0.4, -0.2) is 61.5 Å². The minimum absolute atomic E-state index is 0.100. The second kappa shape index (κ2) is 10.2. The van der Waals surface area contributed by atoms with Crippen molar-refractivity contribution in [2.24, 2.45) is 0 Å². The number of morpholine rings is 1. The van der Waals surface area contributed by atoms with E-state index in [2.05, 4.69) is 15.5 Å². The molecular formula is C19H26N4O4S. The van der Waals surface area contributed by atoms with E-state index in [4.69, 9.17) is 14.8 Å². The van der Waals surface area contributed by atoms with E-state index < -0.39 is 6.09 Å². The predicted molar refractivity (Wildman–Crippen MR) is 109 cm³/mol. The van der Waals surface area contributed by atoms with Gasteiger partial charge in [0.25, 0.3) is 5.91 Å². The van der Waals surface area contributed by atoms with Crippen LogP contribution < -0.4 is 15.5 Å². The van der Waals surface area contributed by atoms with Crippen LogP contribution in [0.25, 0.3) is 10.2 Å². The largest absolute Gasteiger partial charge is 0.465 e. The van der Waals surface area contributed by atoms with Crippen molar-refractivity contribution in [1.29, 1.82) is 0 Å². The Bertz CT molecular complexity index is 804. The molecule has 28 heavy (non-hydrogen) atoms. The number of fused-ring (bicyclic) bond motifs is 1. The Balaban J connectivity index is 1.49. The smallest absolute Gasteiger partial charge is 0.404 e. The molecule has 0 atom stereocenters. The van der Waals surface area contributed by atoms with Gasteiger partial charge in [0.1, 0.15) is 0 Å². The fraction of sp³-hybridized carbons (Fsp3) is 0.526. The molecule has 152 valence electrons. The zero-order valence-electron chi connectivity index (χ0n) is 15.8. The van der Waals surface area contributed by atoms with Gasteiger partial charge >= 0.3 is 6.09 Å². The summed E-state index contributed by atoms with van der Waals surface area (Å²) in [6, 6.07) is 5.71. The molecule has 1 aliphatic heterocycles. The number of aromatic nitrogens is 1. The molecule has 1 aromatic carbocycles. The Morgan fingerprint density at radius 2 is 1.82 bits per heavy atom. The van der Waals surface area contributed by atoms with Crippen molar-refractivity contribution in [2.75, 3.05) is 44.3 Å². The van der Waals surface area contributed by atoms with Gasteiger partial charge in [0.15, 0.2) is 5.13 Å². The maximum absolute atomic E-state index is 12.6. The summed E-state index contributed by atoms with van der Waals surface area (Å²) in [4.78, 5) is 29.9. The maximum atomic E-state index is 12.6. The van der Waals surface area contributed by atoms with Crippen LogP contribution in [0, 0.1) is 0 Å². The van der Waals surface area contributed by atoms with Gasteiger partial charge in [-0.2, -0.15) is 0 Å². The van der Waals surface area contributed by atoms with Crippen LogP contribution in [-0.2, 0) is 4.74 Å². The number of hydrogen-bond donors (Lipinski definition) is 3. The fourth-order valence-corrected chi connectivity index (χ4v) is 4.15. The van der Waals surface area contributed by atoms with Gasteiger partial charge in [-0.15, -0.1) is 0 Å². The highest BCUT2D eigenvalue weighted by Gasteiger charge is 2.18. The van der Waals surface area contributed by atoms with Gasteiger partial charge in [-0.3, -0.25) is 4.79 Å². The molecule has 1 aliphatic rings. The highest BCUT2D eigenvalue weighted by atomic mass is 32.1. The summed E-state index contributed by atoms with van der Waals surface area (Å²) in [5.74, 6) is -0.100. The Hall–Kier alpha value is -2.39. The number of carbonyl (C=O) groups is 2. The first-order valence-corrected chi connectivity index (χ1v) is 10.4. The van der Waals surface area contributed by atoms with Crippen molar-refractivity contribution in [3.63, 3.8) is 0 Å². The average Bonchev–Trinajstić information content (AvgIpc) is 3.14. The van der Waals surface area contributed by atoms with Crippen molar-refractivity contribution in [3.05, 3.63) is 23.8 Å². The van der Waals surface area contributed by atoms with E-state index in [1.807, 2.05) is 18.2 Å². The molecule has 3 rings (SSSR count). The van der Waals surface area contributed by atoms with Crippen molar-refractivity contribution in [3.8, 4) is 0 Å². The summed E-state index contributed by atoms with van der Waals surface area (Å²) in [6.07, 6.45) is 2.57. The summed E-state index contributed by atoms with van der Waals surface area (Å²) >= 11 is 1.61. The molecule has 0 spiro atoms. The van der Waals surface area contributed by atoms with E-state index in [0.717, 1.165) is 54.1 Å². The third-order valence-corrected chi connectivity index (χ3v) is 5.68. The second-order valence-electron chi connectivity index (χ2n) is 6.65. The number of nitrogens with one attached hydrogen (secondary N) is 2. The number of para-hydroxylation sites is 1. The minimum atomic E-state index is -0.986. The number of rotatable bonds is 9. The van der Waals surface area contributed by atoms with E-state index in [9.17, 15) is 9.59 Å². The Labute approximate surface area is 167 Å². The Kier molecular flexibility index (Phi) is 7.44. The van der Waals surface area contributed by atoms with Crippen molar-refractivity contribution >= 4 is 38.7 Å². The van der Waals surface area contributed by atoms with Crippen LogP contribution in [0.2, 0.25) is 0 Å². The molecule has 1 saturated heterocycles. The third-order valence-electron chi connectivity index (χ3n) is 4.60. The normalized spacial score (nSPS) is 14.2. The number of unbranched alkanes of at least 4 members (excludes halogenated alkanes) is 3. The number of anilines is 1. The van der Waals surface area contributed by atoms with Gasteiger partial charge in [-0.05, 0) is 25.0 Å². The van der Waals surface area contributed by atoms with Crippen LogP contribution >= 0.6 is 11.3 Å². The van der Waals surface area contributed by atoms with Gasteiger partial charge < -0.3 is 25.4 Å². The predicted octanol–water partition coefficient (Wildman–Crippen LogP) is 2.69. The fourth-order valence-electron chi connectivity index (χ4n) is 3.11. The van der Waals surface area contributed by atoms with Gasteiger partial charge in [0.2, 0.25) is 0 Å². The molecule has 9 heteroatoms. The Morgan fingerprint density at radius 1 is 1.11 bits per heavy atom. The number of thiazole rings is 1. The maximum Gasteiger partial charge on any atom is 0.404 e. The molecule has 0 radical (unpaired) electrons. The van der Waals surface area contributed by atoms with E-state index in [1.54, 1.807) is 11.3 Å². The van der Waals surface area contributed by atoms with Crippen LogP contribution in [0.1, 0.15) is 36.0 Å². The van der Waals surface area contributed by atoms with Gasteiger partial charge in [0, 0.05) is 26.2 Å². The van der Waals surface area contributed by atoms with Crippen LogP contribution in [0.5, 0.6) is 0 Å². The number of carboxylic acid groups (broad SMARTS) is 1. The first-order valence-electron chi connectivity index (χ1n) is 9.62. The lowest BCUT2D eigenvalue weighted by atomic mass is 10.1. The first-order chi connectivity index (χ1) is 13.6. The topological polar surface area (TPSA) is 104 Å². The summed E-state index contributed by atoms with van der Waals surface area (Å²) in [5.41, 5.74) is 1.37. The lowest BCUT2D eigenvalue weighted by Crippen LogP contribution is -2.36. The highest BCUT2D eigenvalue weighted by Crippen LogP contribution is 2.31. The van der Waals surface area contributed by atoms with E-state index in [0.29, 0.717) is 31.9 Å². The summed E-state index contributed by atoms with van der Waals surface area (Å²) in [6.45, 7) is 4.12. The van der Waals surface area contributed by atoms with Crippen molar-refractivity contribution in [2.45, 2.75) is 25.7 Å². The molecule has 0 bridgehead atoms. The number of amides is 2. The molecule has 2 aromatic rings. The van der Waals surface area contributed by atoms with E-state index in [1.165, 1.54) is 0 Å². The molecule has 0 unspecified atom stereocenters. The molecule has 0 saturated carbocycles. The lowest BCUT2D eigenvalue weighted by molar-refractivity contribution is 0.0954. The van der Waals surface area contributed by atoms with Gasteiger partial charge in [-0.1, -0.05) is 30.2 Å². The number of benzene rings is 1. The second-order valence-corrected chi connectivity index (χ2v) is 7.66. The zero-order valence-corrected chi connectivity index (χ0v) is 16.6. The number of ether oxygens (including phenoxy) is 1. The Morgan fingerprint density at radius 3 is 2.54 bits per heavy atom. The third kappa shape index (κ3) is 5.56. The quantitative estimate of drug-likeness (QED) is 0.553. The standard InChI is InChI=1S/C19H26N4O4S/c24-17(20-8-3-1-2-4-9-21-19(25)26)14-6-5-7-15-16(14)22-18(28-15)23-10-12-27-13-11-23/h5-7,21H,1-4,8-13H2,(H,20,24)(H,25,26). The number of nitrogens with zero attached hydrogens (tertiary/aromatic N) is 2. The minimum Gasteiger partial charge on any atom is -0.465 e. The average molecular weight is 407 g/mol. The van der Waals surface area contributed by atoms with E-state index >= 15 is 0 Å². The summed E-state index contributed by atoms with van der Waals surface area (Å²) in [7, 11) is 0. The molecule has 2 amide bonds. The van der Waals surface area contributed by atoms with E-state index in [-0.39, 0.29) is 5.91 Å². The first kappa shape index (κ1) is 20.3. The molecule has 8 nitrogen and oxygen atoms in total. The molecule has 3 N–H and O–H groups in total. The molecule has 0 aliphatic carbocycles. The zero-order chi connectivity index (χ0) is 19.8. The monoisotopic (exact) mass is 406 g/mol. The number of carbonyl (C=O) groups excluding carboxylic acids is 1. The summed E-state index contributed by atoms with van der Waals surface area (Å²) < 4.78 is 6.41. The highest BCUT2D eigenvalue weighted by molar-refractivity contribution is 7.22. The van der Waals surface area contributed by atoms with Crippen molar-refractivity contribution in [1.82, 2.24) is 15.6 Å². The van der Waals surface area contributed by atoms with Gasteiger partial charge in [-0.25, -0.2) is 9.78 Å². The summed E-state index contributed by atoms with van der Waals surface area (Å²) in [5, 5.41) is 14.8. The van der Waals surface area contributed by atoms with Crippen LogP contribution in [0.15, 0.2) is 18.2 Å². The SMILES string of the molecule is O=C(O)NCCCCCCNC(=O)c1cccc2sc(N3CCOCC3)nc12. The van der Waals surface area contributed by atoms with Crippen LogP contribution in [0.3, 0.4) is 0 Å². The van der Waals surface area contributed by atoms with Gasteiger partial charge in [0.05, 0.1) is 29.0 Å². The molecule has 2 heterocycles. The lowest BCUT2D eigenvalue weighted by Gasteiger charge is -2.25. The molecular weight excluding hydrogens is 380 g/mol. The molecule has 1 aromatic heterocycles. The number of hydrogen-bond acceptors (Lipinski definition) is 6. The van der Waals surface area contributed by atoms with Crippen LogP contribution in [0.4, 0.5) is 9.93 Å².